The van der Waals surface area contributed by atoms with Gasteiger partial charge < -0.3 is 14.7 Å². The minimum absolute atomic E-state index is 0.0313. The number of hydrogen-bond donors (Lipinski definition) is 1. The van der Waals surface area contributed by atoms with Crippen LogP contribution in [0.1, 0.15) is 32.1 Å². The average molecular weight is 295 g/mol. The highest BCUT2D eigenvalue weighted by Crippen LogP contribution is 2.24. The quantitative estimate of drug-likeness (QED) is 0.840. The third-order valence-electron chi connectivity index (χ3n) is 3.84. The number of aliphatic hydroxyl groups excluding tert-OH is 1. The van der Waals surface area contributed by atoms with E-state index >= 15 is 0 Å². The van der Waals surface area contributed by atoms with E-state index < -0.39 is 5.82 Å². The number of ether oxygens (including phenoxy) is 1. The molecule has 1 N–H and O–H groups in total. The summed E-state index contributed by atoms with van der Waals surface area (Å²) in [5, 5.41) is 9.11. The first-order valence-electron chi connectivity index (χ1n) is 7.50. The molecule has 0 radical (unpaired) electrons. The second kappa shape index (κ2) is 7.98. The summed E-state index contributed by atoms with van der Waals surface area (Å²) < 4.78 is 18.7. The Balaban J connectivity index is 1.83. The Morgan fingerprint density at radius 2 is 2.05 bits per heavy atom. The molecule has 21 heavy (non-hydrogen) atoms. The Labute approximate surface area is 124 Å². The van der Waals surface area contributed by atoms with E-state index in [2.05, 4.69) is 0 Å². The van der Waals surface area contributed by atoms with E-state index in [1.54, 1.807) is 23.1 Å². The molecule has 4 nitrogen and oxygen atoms in total. The summed E-state index contributed by atoms with van der Waals surface area (Å²) in [7, 11) is 0. The van der Waals surface area contributed by atoms with E-state index in [1.807, 2.05) is 0 Å². The van der Waals surface area contributed by atoms with Gasteiger partial charge in [-0.1, -0.05) is 25.0 Å². The molecule has 1 aromatic carbocycles. The van der Waals surface area contributed by atoms with Crippen molar-refractivity contribution in [1.29, 1.82) is 0 Å². The van der Waals surface area contributed by atoms with Gasteiger partial charge in [-0.15, -0.1) is 0 Å². The molecule has 0 aliphatic heterocycles. The van der Waals surface area contributed by atoms with E-state index in [9.17, 15) is 9.18 Å². The third kappa shape index (κ3) is 4.43. The lowest BCUT2D eigenvalue weighted by atomic mass is 10.2. The summed E-state index contributed by atoms with van der Waals surface area (Å²) in [6.07, 6.45) is 4.46. The van der Waals surface area contributed by atoms with Crippen LogP contribution in [0, 0.1) is 5.82 Å². The summed E-state index contributed by atoms with van der Waals surface area (Å²) >= 11 is 0. The number of amides is 1. The molecular formula is C16H22FNO3. The lowest BCUT2D eigenvalue weighted by Crippen LogP contribution is -2.41. The molecule has 1 fully saturated rings. The molecular weight excluding hydrogens is 273 g/mol. The van der Waals surface area contributed by atoms with Crippen molar-refractivity contribution in [2.24, 2.45) is 0 Å². The van der Waals surface area contributed by atoms with Crippen molar-refractivity contribution < 1.29 is 19.0 Å². The lowest BCUT2D eigenvalue weighted by molar-refractivity contribution is -0.134. The van der Waals surface area contributed by atoms with Crippen LogP contribution in [0.2, 0.25) is 0 Å². The van der Waals surface area contributed by atoms with E-state index in [-0.39, 0.29) is 37.3 Å². The largest absolute Gasteiger partial charge is 0.490 e. The number of hydrogen-bond acceptors (Lipinski definition) is 3. The van der Waals surface area contributed by atoms with Gasteiger partial charge >= 0.3 is 0 Å². The molecule has 0 bridgehead atoms. The molecule has 0 saturated heterocycles. The van der Waals surface area contributed by atoms with Gasteiger partial charge in [0.2, 0.25) is 5.91 Å². The molecule has 0 atom stereocenters. The van der Waals surface area contributed by atoms with Gasteiger partial charge in [0.15, 0.2) is 11.6 Å². The first kappa shape index (κ1) is 15.8. The Hall–Kier alpha value is -1.62. The second-order valence-electron chi connectivity index (χ2n) is 5.28. The summed E-state index contributed by atoms with van der Waals surface area (Å²) in [6.45, 7) is 0.480. The number of carbonyl (C=O) groups excluding carboxylic acids is 1. The van der Waals surface area contributed by atoms with Crippen LogP contribution in [0.4, 0.5) is 4.39 Å². The van der Waals surface area contributed by atoms with E-state index in [0.29, 0.717) is 6.54 Å². The van der Waals surface area contributed by atoms with Crippen LogP contribution in [-0.2, 0) is 4.79 Å². The Morgan fingerprint density at radius 3 is 2.71 bits per heavy atom. The van der Waals surface area contributed by atoms with Gasteiger partial charge in [0, 0.05) is 12.6 Å². The maximum absolute atomic E-state index is 13.4. The van der Waals surface area contributed by atoms with Crippen molar-refractivity contribution >= 4 is 5.91 Å². The molecule has 0 aromatic heterocycles. The molecule has 2 rings (SSSR count). The number of halogens is 1. The predicted molar refractivity (Wildman–Crippen MR) is 77.6 cm³/mol. The zero-order chi connectivity index (χ0) is 15.1. The van der Waals surface area contributed by atoms with Crippen molar-refractivity contribution in [1.82, 2.24) is 4.90 Å². The van der Waals surface area contributed by atoms with Gasteiger partial charge in [0.05, 0.1) is 19.6 Å². The predicted octanol–water partition coefficient (Wildman–Crippen LogP) is 2.36. The lowest BCUT2D eigenvalue weighted by Gasteiger charge is -2.28. The molecule has 0 spiro atoms. The number of nitrogens with zero attached hydrogens (tertiary/aromatic N) is 1. The zero-order valence-electron chi connectivity index (χ0n) is 12.1. The maximum atomic E-state index is 13.4. The SMILES string of the molecule is O=C(CCOc1ccccc1F)N(CCO)C1CCCC1. The number of rotatable bonds is 7. The average Bonchev–Trinajstić information content (AvgIpc) is 3.00. The van der Waals surface area contributed by atoms with Gasteiger partial charge in [-0.3, -0.25) is 4.79 Å². The minimum atomic E-state index is -0.423. The Kier molecular flexibility index (Phi) is 5.99. The highest BCUT2D eigenvalue weighted by atomic mass is 19.1. The summed E-state index contributed by atoms with van der Waals surface area (Å²) in [5.41, 5.74) is 0. The van der Waals surface area contributed by atoms with Gasteiger partial charge in [0.1, 0.15) is 0 Å². The first-order chi connectivity index (χ1) is 10.2. The van der Waals surface area contributed by atoms with E-state index in [0.717, 1.165) is 25.7 Å². The van der Waals surface area contributed by atoms with Crippen molar-refractivity contribution in [3.63, 3.8) is 0 Å². The molecule has 1 aliphatic rings. The van der Waals surface area contributed by atoms with Crippen LogP contribution < -0.4 is 4.74 Å². The maximum Gasteiger partial charge on any atom is 0.226 e. The number of benzene rings is 1. The standard InChI is InChI=1S/C16H22FNO3/c17-14-7-3-4-8-15(14)21-12-9-16(20)18(10-11-19)13-5-1-2-6-13/h3-4,7-8,13,19H,1-2,5-6,9-12H2. The Morgan fingerprint density at radius 1 is 1.33 bits per heavy atom. The molecule has 1 amide bonds. The molecule has 0 unspecified atom stereocenters. The molecule has 1 saturated carbocycles. The monoisotopic (exact) mass is 295 g/mol. The van der Waals surface area contributed by atoms with E-state index in [4.69, 9.17) is 9.84 Å². The summed E-state index contributed by atoms with van der Waals surface area (Å²) in [5.74, 6) is -0.292. The highest BCUT2D eigenvalue weighted by molar-refractivity contribution is 5.76. The van der Waals surface area contributed by atoms with Gasteiger partial charge in [0.25, 0.3) is 0 Å². The number of carbonyl (C=O) groups is 1. The molecule has 5 heteroatoms. The zero-order valence-corrected chi connectivity index (χ0v) is 12.1. The van der Waals surface area contributed by atoms with Gasteiger partial charge in [-0.2, -0.15) is 0 Å². The number of aliphatic hydroxyl groups is 1. The third-order valence-corrected chi connectivity index (χ3v) is 3.84. The van der Waals surface area contributed by atoms with Crippen molar-refractivity contribution in [2.75, 3.05) is 19.8 Å². The fourth-order valence-corrected chi connectivity index (χ4v) is 2.79. The molecule has 1 aromatic rings. The van der Waals surface area contributed by atoms with Crippen LogP contribution in [0.25, 0.3) is 0 Å². The van der Waals surface area contributed by atoms with Crippen LogP contribution in [-0.4, -0.2) is 41.7 Å². The highest BCUT2D eigenvalue weighted by Gasteiger charge is 2.25. The summed E-state index contributed by atoms with van der Waals surface area (Å²) in [4.78, 5) is 14.0. The van der Waals surface area contributed by atoms with Crippen LogP contribution in [0.5, 0.6) is 5.75 Å². The van der Waals surface area contributed by atoms with Crippen LogP contribution in [0.15, 0.2) is 24.3 Å². The first-order valence-corrected chi connectivity index (χ1v) is 7.50. The van der Waals surface area contributed by atoms with Crippen LogP contribution in [0.3, 0.4) is 0 Å². The smallest absolute Gasteiger partial charge is 0.226 e. The fraction of sp³-hybridized carbons (Fsp3) is 0.562. The minimum Gasteiger partial charge on any atom is -0.490 e. The topological polar surface area (TPSA) is 49.8 Å². The second-order valence-corrected chi connectivity index (χ2v) is 5.28. The normalized spacial score (nSPS) is 15.1. The Bertz CT molecular complexity index is 461. The van der Waals surface area contributed by atoms with Crippen molar-refractivity contribution in [2.45, 2.75) is 38.1 Å². The molecule has 116 valence electrons. The molecule has 0 heterocycles. The van der Waals surface area contributed by atoms with Gasteiger partial charge in [-0.05, 0) is 25.0 Å². The van der Waals surface area contributed by atoms with Crippen molar-refractivity contribution in [3.05, 3.63) is 30.1 Å². The van der Waals surface area contributed by atoms with Crippen LogP contribution >= 0.6 is 0 Å². The van der Waals surface area contributed by atoms with E-state index in [1.165, 1.54) is 6.07 Å². The number of para-hydroxylation sites is 1. The fourth-order valence-electron chi connectivity index (χ4n) is 2.79. The summed E-state index contributed by atoms with van der Waals surface area (Å²) in [6, 6.07) is 6.39. The van der Waals surface area contributed by atoms with Gasteiger partial charge in [-0.25, -0.2) is 4.39 Å². The molecule has 1 aliphatic carbocycles. The van der Waals surface area contributed by atoms with Crippen molar-refractivity contribution in [3.8, 4) is 5.75 Å².